The summed E-state index contributed by atoms with van der Waals surface area (Å²) in [4.78, 5) is 16.6. The SMILES string of the molecule is CCC(C)c1ccc2nc(NC(=O)COc3ccc(C)cc3)sc2c1. The van der Waals surface area contributed by atoms with Gasteiger partial charge in [0.2, 0.25) is 0 Å². The monoisotopic (exact) mass is 354 g/mol. The molecule has 25 heavy (non-hydrogen) atoms. The molecule has 1 unspecified atom stereocenters. The first-order valence-electron chi connectivity index (χ1n) is 8.45. The van der Waals surface area contributed by atoms with Crippen molar-refractivity contribution < 1.29 is 9.53 Å². The number of carbonyl (C=O) groups excluding carboxylic acids is 1. The molecule has 0 saturated carbocycles. The van der Waals surface area contributed by atoms with Gasteiger partial charge in [-0.2, -0.15) is 0 Å². The van der Waals surface area contributed by atoms with Gasteiger partial charge >= 0.3 is 0 Å². The van der Waals surface area contributed by atoms with E-state index in [1.165, 1.54) is 16.9 Å². The Balaban J connectivity index is 1.63. The minimum atomic E-state index is -0.207. The highest BCUT2D eigenvalue weighted by atomic mass is 32.1. The number of ether oxygens (including phenoxy) is 1. The Bertz CT molecular complexity index is 871. The number of hydrogen-bond acceptors (Lipinski definition) is 4. The summed E-state index contributed by atoms with van der Waals surface area (Å²) in [7, 11) is 0. The summed E-state index contributed by atoms with van der Waals surface area (Å²) < 4.78 is 6.59. The highest BCUT2D eigenvalue weighted by molar-refractivity contribution is 7.22. The van der Waals surface area contributed by atoms with Crippen LogP contribution in [-0.4, -0.2) is 17.5 Å². The van der Waals surface area contributed by atoms with Gasteiger partial charge in [-0.25, -0.2) is 4.98 Å². The molecule has 0 radical (unpaired) electrons. The zero-order valence-electron chi connectivity index (χ0n) is 14.7. The van der Waals surface area contributed by atoms with E-state index in [1.54, 1.807) is 0 Å². The lowest BCUT2D eigenvalue weighted by Crippen LogP contribution is -2.19. The number of aromatic nitrogens is 1. The Morgan fingerprint density at radius 3 is 2.72 bits per heavy atom. The Morgan fingerprint density at radius 2 is 2.00 bits per heavy atom. The zero-order chi connectivity index (χ0) is 17.8. The van der Waals surface area contributed by atoms with E-state index in [4.69, 9.17) is 4.74 Å². The van der Waals surface area contributed by atoms with Crippen molar-refractivity contribution in [3.8, 4) is 5.75 Å². The predicted octanol–water partition coefficient (Wildman–Crippen LogP) is 5.14. The molecule has 130 valence electrons. The van der Waals surface area contributed by atoms with Crippen molar-refractivity contribution in [1.29, 1.82) is 0 Å². The molecule has 0 aliphatic carbocycles. The van der Waals surface area contributed by atoms with Crippen molar-refractivity contribution in [3.05, 3.63) is 53.6 Å². The Labute approximate surface area is 151 Å². The number of aryl methyl sites for hydroxylation is 1. The predicted molar refractivity (Wildman–Crippen MR) is 104 cm³/mol. The molecule has 4 nitrogen and oxygen atoms in total. The smallest absolute Gasteiger partial charge is 0.264 e. The van der Waals surface area contributed by atoms with Gasteiger partial charge in [0.1, 0.15) is 5.75 Å². The third-order valence-electron chi connectivity index (χ3n) is 4.23. The van der Waals surface area contributed by atoms with Gasteiger partial charge in [0.25, 0.3) is 5.91 Å². The van der Waals surface area contributed by atoms with Crippen LogP contribution in [0.15, 0.2) is 42.5 Å². The number of amides is 1. The number of rotatable bonds is 6. The van der Waals surface area contributed by atoms with E-state index in [0.717, 1.165) is 22.2 Å². The molecule has 5 heteroatoms. The van der Waals surface area contributed by atoms with E-state index >= 15 is 0 Å². The lowest BCUT2D eigenvalue weighted by atomic mass is 9.99. The summed E-state index contributed by atoms with van der Waals surface area (Å²) in [6, 6.07) is 13.9. The quantitative estimate of drug-likeness (QED) is 0.667. The molecule has 2 aromatic carbocycles. The maximum absolute atomic E-state index is 12.1. The molecule has 0 saturated heterocycles. The van der Waals surface area contributed by atoms with E-state index in [2.05, 4.69) is 36.3 Å². The molecule has 0 aliphatic rings. The van der Waals surface area contributed by atoms with Gasteiger partial charge < -0.3 is 4.74 Å². The van der Waals surface area contributed by atoms with Gasteiger partial charge in [-0.3, -0.25) is 10.1 Å². The first kappa shape index (κ1) is 17.4. The van der Waals surface area contributed by atoms with Crippen LogP contribution in [0.1, 0.15) is 37.3 Å². The second-order valence-corrected chi connectivity index (χ2v) is 7.24. The third-order valence-corrected chi connectivity index (χ3v) is 5.16. The number of thiazole rings is 1. The third kappa shape index (κ3) is 4.37. The molecule has 1 heterocycles. The number of anilines is 1. The molecule has 0 fully saturated rings. The fourth-order valence-electron chi connectivity index (χ4n) is 2.48. The second-order valence-electron chi connectivity index (χ2n) is 6.21. The van der Waals surface area contributed by atoms with Crippen molar-refractivity contribution in [2.75, 3.05) is 11.9 Å². The van der Waals surface area contributed by atoms with Crippen LogP contribution >= 0.6 is 11.3 Å². The summed E-state index contributed by atoms with van der Waals surface area (Å²) in [6.07, 6.45) is 1.10. The first-order valence-corrected chi connectivity index (χ1v) is 9.26. The van der Waals surface area contributed by atoms with Gasteiger partial charge in [-0.05, 0) is 49.1 Å². The molecule has 0 bridgehead atoms. The van der Waals surface area contributed by atoms with Crippen molar-refractivity contribution in [3.63, 3.8) is 0 Å². The average Bonchev–Trinajstić information content (AvgIpc) is 3.01. The average molecular weight is 354 g/mol. The molecule has 0 aliphatic heterocycles. The Hall–Kier alpha value is -2.40. The van der Waals surface area contributed by atoms with Crippen LogP contribution in [-0.2, 0) is 4.79 Å². The summed E-state index contributed by atoms with van der Waals surface area (Å²) >= 11 is 1.49. The summed E-state index contributed by atoms with van der Waals surface area (Å²) in [6.45, 7) is 6.38. The molecule has 3 rings (SSSR count). The zero-order valence-corrected chi connectivity index (χ0v) is 15.5. The molecular weight excluding hydrogens is 332 g/mol. The number of hydrogen-bond donors (Lipinski definition) is 1. The number of fused-ring (bicyclic) bond motifs is 1. The van der Waals surface area contributed by atoms with Crippen LogP contribution in [0.4, 0.5) is 5.13 Å². The van der Waals surface area contributed by atoms with Crippen molar-refractivity contribution in [2.24, 2.45) is 0 Å². The summed E-state index contributed by atoms with van der Waals surface area (Å²) in [5.41, 5.74) is 3.37. The largest absolute Gasteiger partial charge is 0.484 e. The second kappa shape index (κ2) is 7.66. The molecule has 1 aromatic heterocycles. The number of nitrogens with one attached hydrogen (secondary N) is 1. The van der Waals surface area contributed by atoms with Crippen molar-refractivity contribution >= 4 is 32.6 Å². The maximum atomic E-state index is 12.1. The van der Waals surface area contributed by atoms with E-state index in [-0.39, 0.29) is 12.5 Å². The fourth-order valence-corrected chi connectivity index (χ4v) is 3.41. The highest BCUT2D eigenvalue weighted by Crippen LogP contribution is 2.29. The molecule has 1 N–H and O–H groups in total. The van der Waals surface area contributed by atoms with Gasteiger partial charge in [0.05, 0.1) is 10.2 Å². The first-order chi connectivity index (χ1) is 12.0. The fraction of sp³-hybridized carbons (Fsp3) is 0.300. The molecule has 1 amide bonds. The number of benzene rings is 2. The van der Waals surface area contributed by atoms with Crippen molar-refractivity contribution in [1.82, 2.24) is 4.98 Å². The van der Waals surface area contributed by atoms with Crippen LogP contribution in [0.3, 0.4) is 0 Å². The van der Waals surface area contributed by atoms with Crippen LogP contribution in [0.2, 0.25) is 0 Å². The lowest BCUT2D eigenvalue weighted by Gasteiger charge is -2.07. The highest BCUT2D eigenvalue weighted by Gasteiger charge is 2.10. The van der Waals surface area contributed by atoms with Gasteiger partial charge in [0.15, 0.2) is 11.7 Å². The molecule has 3 aromatic rings. The molecule has 1 atom stereocenters. The minimum absolute atomic E-state index is 0.0306. The van der Waals surface area contributed by atoms with Crippen LogP contribution in [0.5, 0.6) is 5.75 Å². The number of carbonyl (C=O) groups is 1. The van der Waals surface area contributed by atoms with Crippen LogP contribution in [0.25, 0.3) is 10.2 Å². The van der Waals surface area contributed by atoms with Gasteiger partial charge in [-0.15, -0.1) is 0 Å². The lowest BCUT2D eigenvalue weighted by molar-refractivity contribution is -0.118. The van der Waals surface area contributed by atoms with E-state index in [9.17, 15) is 4.79 Å². The van der Waals surface area contributed by atoms with E-state index in [0.29, 0.717) is 16.8 Å². The van der Waals surface area contributed by atoms with Gasteiger partial charge in [0, 0.05) is 0 Å². The summed E-state index contributed by atoms with van der Waals surface area (Å²) in [5.74, 6) is 0.998. The van der Waals surface area contributed by atoms with Gasteiger partial charge in [-0.1, -0.05) is 48.9 Å². The normalized spacial score (nSPS) is 12.1. The minimum Gasteiger partial charge on any atom is -0.484 e. The topological polar surface area (TPSA) is 51.2 Å². The molecular formula is C20H22N2O2S. The van der Waals surface area contributed by atoms with E-state index < -0.39 is 0 Å². The standard InChI is InChI=1S/C20H22N2O2S/c1-4-14(3)15-7-10-17-18(11-15)25-20(21-17)22-19(23)12-24-16-8-5-13(2)6-9-16/h5-11,14H,4,12H2,1-3H3,(H,21,22,23). The van der Waals surface area contributed by atoms with Crippen LogP contribution in [0, 0.1) is 6.92 Å². The Morgan fingerprint density at radius 1 is 1.24 bits per heavy atom. The number of nitrogens with zero attached hydrogens (tertiary/aromatic N) is 1. The summed E-state index contributed by atoms with van der Waals surface area (Å²) in [5, 5.41) is 3.42. The van der Waals surface area contributed by atoms with E-state index in [1.807, 2.05) is 37.3 Å². The molecule has 0 spiro atoms. The van der Waals surface area contributed by atoms with Crippen molar-refractivity contribution in [2.45, 2.75) is 33.1 Å². The maximum Gasteiger partial charge on any atom is 0.264 e. The Kier molecular flexibility index (Phi) is 5.34. The van der Waals surface area contributed by atoms with Crippen LogP contribution < -0.4 is 10.1 Å².